The third kappa shape index (κ3) is 6.12. The molecule has 0 bridgehead atoms. The molecule has 3 aromatic rings. The average molecular weight is 462 g/mol. The zero-order valence-corrected chi connectivity index (χ0v) is 18.6. The number of rotatable bonds is 7. The Bertz CT molecular complexity index is 1250. The molecular formula is C25H20ClN3O4. The van der Waals surface area contributed by atoms with Crippen LogP contribution in [0.2, 0.25) is 5.02 Å². The van der Waals surface area contributed by atoms with Crippen molar-refractivity contribution in [2.45, 2.75) is 0 Å². The van der Waals surface area contributed by atoms with Crippen LogP contribution < -0.4 is 20.1 Å². The summed E-state index contributed by atoms with van der Waals surface area (Å²) >= 11 is 5.86. The van der Waals surface area contributed by atoms with Gasteiger partial charge >= 0.3 is 0 Å². The molecule has 2 amide bonds. The molecule has 166 valence electrons. The van der Waals surface area contributed by atoms with Gasteiger partial charge in [0.15, 0.2) is 11.5 Å². The number of carbonyl (C=O) groups excluding carboxylic acids is 2. The Balaban J connectivity index is 1.75. The first kappa shape index (κ1) is 23.4. The van der Waals surface area contributed by atoms with Gasteiger partial charge in [0.2, 0.25) is 0 Å². The molecule has 0 aromatic heterocycles. The summed E-state index contributed by atoms with van der Waals surface area (Å²) in [7, 11) is 3.00. The van der Waals surface area contributed by atoms with Crippen LogP contribution in [-0.2, 0) is 4.79 Å². The SMILES string of the molecule is COc1ccc(NC(=O)/C(C#N)=C/c2cccc(NC(=O)c3ccc(Cl)cc3)c2)cc1OC. The van der Waals surface area contributed by atoms with Crippen LogP contribution in [0.4, 0.5) is 11.4 Å². The van der Waals surface area contributed by atoms with Gasteiger partial charge in [-0.25, -0.2) is 0 Å². The van der Waals surface area contributed by atoms with Crippen molar-refractivity contribution >= 4 is 40.9 Å². The van der Waals surface area contributed by atoms with Crippen LogP contribution in [0.1, 0.15) is 15.9 Å². The number of methoxy groups -OCH3 is 2. The molecule has 0 fully saturated rings. The predicted octanol–water partition coefficient (Wildman–Crippen LogP) is 5.16. The van der Waals surface area contributed by atoms with Crippen molar-refractivity contribution in [3.8, 4) is 17.6 Å². The van der Waals surface area contributed by atoms with Gasteiger partial charge in [0.25, 0.3) is 11.8 Å². The molecule has 3 rings (SSSR count). The molecule has 3 aromatic carbocycles. The molecule has 0 spiro atoms. The fourth-order valence-corrected chi connectivity index (χ4v) is 3.06. The lowest BCUT2D eigenvalue weighted by Crippen LogP contribution is -2.13. The third-order valence-electron chi connectivity index (χ3n) is 4.57. The second kappa shape index (κ2) is 10.8. The molecule has 0 aliphatic heterocycles. The zero-order chi connectivity index (χ0) is 23.8. The number of nitrogens with one attached hydrogen (secondary N) is 2. The molecule has 0 atom stereocenters. The molecule has 0 saturated carbocycles. The normalized spacial score (nSPS) is 10.7. The highest BCUT2D eigenvalue weighted by Gasteiger charge is 2.12. The summed E-state index contributed by atoms with van der Waals surface area (Å²) in [6, 6.07) is 20.1. The standard InChI is InChI=1S/C25H20ClN3O4/c1-32-22-11-10-21(14-23(22)33-2)29-25(31)18(15-27)12-16-4-3-5-20(13-16)28-24(30)17-6-8-19(26)9-7-17/h3-14H,1-2H3,(H,28,30)(H,29,31)/b18-12+. The number of hydrogen-bond donors (Lipinski definition) is 2. The Morgan fingerprint density at radius 1 is 0.909 bits per heavy atom. The monoisotopic (exact) mass is 461 g/mol. The summed E-state index contributed by atoms with van der Waals surface area (Å²) in [4.78, 5) is 25.0. The van der Waals surface area contributed by atoms with Crippen LogP contribution >= 0.6 is 11.6 Å². The van der Waals surface area contributed by atoms with Crippen molar-refractivity contribution in [2.24, 2.45) is 0 Å². The summed E-state index contributed by atoms with van der Waals surface area (Å²) in [5.41, 5.74) is 1.88. The molecular weight excluding hydrogens is 442 g/mol. The van der Waals surface area contributed by atoms with Gasteiger partial charge in [-0.05, 0) is 60.2 Å². The van der Waals surface area contributed by atoms with Crippen LogP contribution in [-0.4, -0.2) is 26.0 Å². The molecule has 33 heavy (non-hydrogen) atoms. The van der Waals surface area contributed by atoms with Gasteiger partial charge < -0.3 is 20.1 Å². The quantitative estimate of drug-likeness (QED) is 0.374. The number of hydrogen-bond acceptors (Lipinski definition) is 5. The molecule has 0 saturated heterocycles. The number of anilines is 2. The fraction of sp³-hybridized carbons (Fsp3) is 0.0800. The minimum absolute atomic E-state index is 0.106. The van der Waals surface area contributed by atoms with Crippen LogP contribution in [0, 0.1) is 11.3 Å². The lowest BCUT2D eigenvalue weighted by atomic mass is 10.1. The minimum atomic E-state index is -0.583. The Hall–Kier alpha value is -4.28. The zero-order valence-electron chi connectivity index (χ0n) is 17.9. The molecule has 0 aliphatic rings. The van der Waals surface area contributed by atoms with Gasteiger partial charge in [-0.1, -0.05) is 23.7 Å². The second-order valence-electron chi connectivity index (χ2n) is 6.78. The molecule has 0 aliphatic carbocycles. The smallest absolute Gasteiger partial charge is 0.266 e. The Morgan fingerprint density at radius 2 is 1.61 bits per heavy atom. The van der Waals surface area contributed by atoms with Crippen molar-refractivity contribution in [3.63, 3.8) is 0 Å². The maximum atomic E-state index is 12.6. The van der Waals surface area contributed by atoms with E-state index in [9.17, 15) is 14.9 Å². The summed E-state index contributed by atoms with van der Waals surface area (Å²) < 4.78 is 10.4. The van der Waals surface area contributed by atoms with Crippen LogP contribution in [0.25, 0.3) is 6.08 Å². The maximum absolute atomic E-state index is 12.6. The maximum Gasteiger partial charge on any atom is 0.266 e. The molecule has 8 heteroatoms. The molecule has 0 radical (unpaired) electrons. The number of nitriles is 1. The summed E-state index contributed by atoms with van der Waals surface area (Å²) in [6.45, 7) is 0. The number of benzene rings is 3. The summed E-state index contributed by atoms with van der Waals surface area (Å²) in [5.74, 6) is 0.0748. The van der Waals surface area contributed by atoms with E-state index < -0.39 is 5.91 Å². The highest BCUT2D eigenvalue weighted by Crippen LogP contribution is 2.30. The van der Waals surface area contributed by atoms with E-state index in [1.807, 2.05) is 6.07 Å². The molecule has 2 N–H and O–H groups in total. The van der Waals surface area contributed by atoms with Gasteiger partial charge in [-0.3, -0.25) is 9.59 Å². The van der Waals surface area contributed by atoms with Crippen LogP contribution in [0.3, 0.4) is 0 Å². The average Bonchev–Trinajstić information content (AvgIpc) is 2.83. The van der Waals surface area contributed by atoms with Crippen molar-refractivity contribution in [1.29, 1.82) is 5.26 Å². The van der Waals surface area contributed by atoms with Crippen molar-refractivity contribution in [2.75, 3.05) is 24.9 Å². The van der Waals surface area contributed by atoms with Crippen molar-refractivity contribution in [1.82, 2.24) is 0 Å². The van der Waals surface area contributed by atoms with Crippen molar-refractivity contribution in [3.05, 3.63) is 88.5 Å². The highest BCUT2D eigenvalue weighted by atomic mass is 35.5. The van der Waals surface area contributed by atoms with Gasteiger partial charge in [-0.2, -0.15) is 5.26 Å². The van der Waals surface area contributed by atoms with Gasteiger partial charge in [0, 0.05) is 28.0 Å². The van der Waals surface area contributed by atoms with E-state index in [4.69, 9.17) is 21.1 Å². The Morgan fingerprint density at radius 3 is 2.27 bits per heavy atom. The number of ether oxygens (including phenoxy) is 2. The third-order valence-corrected chi connectivity index (χ3v) is 4.82. The Labute approximate surface area is 196 Å². The van der Waals surface area contributed by atoms with Crippen molar-refractivity contribution < 1.29 is 19.1 Å². The number of amides is 2. The first-order chi connectivity index (χ1) is 15.9. The Kier molecular flexibility index (Phi) is 7.68. The van der Waals surface area contributed by atoms with Gasteiger partial charge in [0.05, 0.1) is 14.2 Å². The van der Waals surface area contributed by atoms with E-state index in [1.54, 1.807) is 66.7 Å². The van der Waals surface area contributed by atoms with E-state index in [0.717, 1.165) is 0 Å². The largest absolute Gasteiger partial charge is 0.493 e. The lowest BCUT2D eigenvalue weighted by molar-refractivity contribution is -0.112. The number of carbonyl (C=O) groups is 2. The topological polar surface area (TPSA) is 100 Å². The summed E-state index contributed by atoms with van der Waals surface area (Å²) in [5, 5.41) is 15.5. The van der Waals surface area contributed by atoms with Crippen LogP contribution in [0.15, 0.2) is 72.3 Å². The van der Waals surface area contributed by atoms with E-state index >= 15 is 0 Å². The number of halogens is 1. The van der Waals surface area contributed by atoms with Gasteiger partial charge in [-0.15, -0.1) is 0 Å². The van der Waals surface area contributed by atoms with E-state index in [-0.39, 0.29) is 11.5 Å². The fourth-order valence-electron chi connectivity index (χ4n) is 2.94. The van der Waals surface area contributed by atoms with E-state index in [0.29, 0.717) is 39.0 Å². The molecule has 0 heterocycles. The summed E-state index contributed by atoms with van der Waals surface area (Å²) in [6.07, 6.45) is 1.44. The van der Waals surface area contributed by atoms with Crippen LogP contribution in [0.5, 0.6) is 11.5 Å². The molecule has 7 nitrogen and oxygen atoms in total. The first-order valence-corrected chi connectivity index (χ1v) is 10.1. The minimum Gasteiger partial charge on any atom is -0.493 e. The van der Waals surface area contributed by atoms with E-state index in [1.165, 1.54) is 20.3 Å². The number of nitrogens with zero attached hydrogens (tertiary/aromatic N) is 1. The second-order valence-corrected chi connectivity index (χ2v) is 7.22. The predicted molar refractivity (Wildman–Crippen MR) is 128 cm³/mol. The van der Waals surface area contributed by atoms with E-state index in [2.05, 4.69) is 10.6 Å². The lowest BCUT2D eigenvalue weighted by Gasteiger charge is -2.10. The molecule has 0 unspecified atom stereocenters. The first-order valence-electron chi connectivity index (χ1n) is 9.75. The highest BCUT2D eigenvalue weighted by molar-refractivity contribution is 6.30. The van der Waals surface area contributed by atoms with Gasteiger partial charge in [0.1, 0.15) is 11.6 Å².